The average Bonchev–Trinajstić information content (AvgIpc) is 2.83. The number of carbonyl (C=O) groups is 1. The maximum Gasteiger partial charge on any atom is 0.303 e. The Morgan fingerprint density at radius 2 is 2.14 bits per heavy atom. The molecule has 0 spiro atoms. The highest BCUT2D eigenvalue weighted by Gasteiger charge is 2.20. The highest BCUT2D eigenvalue weighted by atomic mass is 19.1. The van der Waals surface area contributed by atoms with Gasteiger partial charge in [0, 0.05) is 12.0 Å². The van der Waals surface area contributed by atoms with Crippen LogP contribution in [0, 0.1) is 5.82 Å². The van der Waals surface area contributed by atoms with Crippen molar-refractivity contribution in [1.29, 1.82) is 0 Å². The summed E-state index contributed by atoms with van der Waals surface area (Å²) in [5.41, 5.74) is 1.72. The van der Waals surface area contributed by atoms with Gasteiger partial charge < -0.3 is 9.84 Å². The van der Waals surface area contributed by atoms with Gasteiger partial charge in [0.05, 0.1) is 12.8 Å². The summed E-state index contributed by atoms with van der Waals surface area (Å²) >= 11 is 0. The quantitative estimate of drug-likeness (QED) is 0.889. The molecular weight excluding hydrogens is 275 g/mol. The number of ether oxygens (including phenoxy) is 1. The van der Waals surface area contributed by atoms with Gasteiger partial charge in [0.15, 0.2) is 0 Å². The molecule has 112 valence electrons. The van der Waals surface area contributed by atoms with Crippen molar-refractivity contribution < 1.29 is 19.0 Å². The van der Waals surface area contributed by atoms with Gasteiger partial charge in [0.1, 0.15) is 11.5 Å². The van der Waals surface area contributed by atoms with E-state index in [0.29, 0.717) is 24.3 Å². The normalized spacial score (nSPS) is 10.6. The van der Waals surface area contributed by atoms with Crippen molar-refractivity contribution in [1.82, 2.24) is 9.78 Å². The summed E-state index contributed by atoms with van der Waals surface area (Å²) in [4.78, 5) is 10.8. The maximum atomic E-state index is 13.9. The van der Waals surface area contributed by atoms with Crippen LogP contribution in [0.1, 0.15) is 24.6 Å². The van der Waals surface area contributed by atoms with E-state index in [1.54, 1.807) is 18.2 Å². The van der Waals surface area contributed by atoms with Crippen molar-refractivity contribution in [2.45, 2.75) is 26.2 Å². The Morgan fingerprint density at radius 1 is 1.43 bits per heavy atom. The zero-order valence-electron chi connectivity index (χ0n) is 12.0. The van der Waals surface area contributed by atoms with Crippen molar-refractivity contribution >= 4 is 5.97 Å². The summed E-state index contributed by atoms with van der Waals surface area (Å²) in [7, 11) is 1.47. The molecule has 0 aliphatic rings. The highest BCUT2D eigenvalue weighted by Crippen LogP contribution is 2.28. The third-order valence-corrected chi connectivity index (χ3v) is 3.22. The van der Waals surface area contributed by atoms with Crippen molar-refractivity contribution in [2.75, 3.05) is 7.11 Å². The molecule has 0 unspecified atom stereocenters. The first-order valence-electron chi connectivity index (χ1n) is 6.70. The van der Waals surface area contributed by atoms with Gasteiger partial charge in [0.2, 0.25) is 5.88 Å². The molecule has 5 nitrogen and oxygen atoms in total. The lowest BCUT2D eigenvalue weighted by atomic mass is 10.1. The minimum atomic E-state index is -0.891. The van der Waals surface area contributed by atoms with E-state index >= 15 is 0 Å². The molecule has 1 N–H and O–H groups in total. The molecule has 1 heterocycles. The first kappa shape index (κ1) is 15.0. The summed E-state index contributed by atoms with van der Waals surface area (Å²) < 4.78 is 20.7. The first-order chi connectivity index (χ1) is 10.1. The Morgan fingerprint density at radius 3 is 2.71 bits per heavy atom. The number of hydrogen-bond donors (Lipinski definition) is 1. The van der Waals surface area contributed by atoms with Gasteiger partial charge in [-0.25, -0.2) is 4.39 Å². The molecule has 0 atom stereocenters. The fourth-order valence-electron chi connectivity index (χ4n) is 2.24. The highest BCUT2D eigenvalue weighted by molar-refractivity contribution is 5.67. The zero-order chi connectivity index (χ0) is 15.4. The summed E-state index contributed by atoms with van der Waals surface area (Å²) in [6.07, 6.45) is 0.898. The summed E-state index contributed by atoms with van der Waals surface area (Å²) in [5, 5.41) is 13.2. The number of carboxylic acids is 1. The summed E-state index contributed by atoms with van der Waals surface area (Å²) in [6.45, 7) is 1.91. The van der Waals surface area contributed by atoms with Gasteiger partial charge in [-0.2, -0.15) is 9.78 Å². The Balaban J connectivity index is 2.52. The van der Waals surface area contributed by atoms with Crippen molar-refractivity contribution in [3.05, 3.63) is 41.3 Å². The number of methoxy groups -OCH3 is 1. The van der Waals surface area contributed by atoms with Gasteiger partial charge in [-0.1, -0.05) is 19.1 Å². The molecule has 6 heteroatoms. The van der Waals surface area contributed by atoms with Gasteiger partial charge in [-0.3, -0.25) is 4.79 Å². The average molecular weight is 292 g/mol. The lowest BCUT2D eigenvalue weighted by Gasteiger charge is -2.08. The van der Waals surface area contributed by atoms with E-state index in [4.69, 9.17) is 9.84 Å². The molecule has 0 aliphatic heterocycles. The molecule has 0 saturated heterocycles. The smallest absolute Gasteiger partial charge is 0.303 e. The van der Waals surface area contributed by atoms with E-state index in [9.17, 15) is 9.18 Å². The molecule has 0 radical (unpaired) electrons. The maximum absolute atomic E-state index is 13.9. The van der Waals surface area contributed by atoms with Crippen molar-refractivity contribution in [2.24, 2.45) is 0 Å². The number of rotatable bonds is 6. The SMILES string of the molecule is CCc1nn(-c2ccccc2F)c(OC)c1CCC(=O)O. The van der Waals surface area contributed by atoms with Crippen LogP contribution < -0.4 is 4.74 Å². The largest absolute Gasteiger partial charge is 0.481 e. The zero-order valence-corrected chi connectivity index (χ0v) is 12.0. The van der Waals surface area contributed by atoms with Crippen LogP contribution in [0.4, 0.5) is 4.39 Å². The van der Waals surface area contributed by atoms with Crippen LogP contribution in [0.5, 0.6) is 5.88 Å². The molecule has 2 rings (SSSR count). The third-order valence-electron chi connectivity index (χ3n) is 3.22. The fourth-order valence-corrected chi connectivity index (χ4v) is 2.24. The van der Waals surface area contributed by atoms with Crippen LogP contribution in [-0.4, -0.2) is 28.0 Å². The van der Waals surface area contributed by atoms with E-state index in [0.717, 1.165) is 5.69 Å². The van der Waals surface area contributed by atoms with E-state index < -0.39 is 11.8 Å². The number of halogens is 1. The predicted molar refractivity (Wildman–Crippen MR) is 75.4 cm³/mol. The molecule has 0 aliphatic carbocycles. The summed E-state index contributed by atoms with van der Waals surface area (Å²) in [5.74, 6) is -0.915. The van der Waals surface area contributed by atoms with E-state index in [2.05, 4.69) is 5.10 Å². The lowest BCUT2D eigenvalue weighted by Crippen LogP contribution is -2.04. The van der Waals surface area contributed by atoms with E-state index in [-0.39, 0.29) is 12.1 Å². The lowest BCUT2D eigenvalue weighted by molar-refractivity contribution is -0.136. The number of benzene rings is 1. The molecule has 1 aromatic carbocycles. The van der Waals surface area contributed by atoms with Gasteiger partial charge >= 0.3 is 5.97 Å². The minimum Gasteiger partial charge on any atom is -0.481 e. The number of carboxylic acid groups (broad SMARTS) is 1. The monoisotopic (exact) mass is 292 g/mol. The molecule has 0 fully saturated rings. The van der Waals surface area contributed by atoms with Crippen LogP contribution >= 0.6 is 0 Å². The molecule has 1 aromatic heterocycles. The van der Waals surface area contributed by atoms with Crippen LogP contribution in [-0.2, 0) is 17.6 Å². The Hall–Kier alpha value is -2.37. The third kappa shape index (κ3) is 3.04. The van der Waals surface area contributed by atoms with E-state index in [1.165, 1.54) is 17.9 Å². The Kier molecular flexibility index (Phi) is 4.57. The number of aryl methyl sites for hydroxylation is 1. The van der Waals surface area contributed by atoms with E-state index in [1.807, 2.05) is 6.92 Å². The molecular formula is C15H17FN2O3. The molecule has 0 saturated carbocycles. The Labute approximate surface area is 122 Å². The van der Waals surface area contributed by atoms with Gasteiger partial charge in [0.25, 0.3) is 0 Å². The second kappa shape index (κ2) is 6.39. The number of aromatic nitrogens is 2. The second-order valence-electron chi connectivity index (χ2n) is 4.55. The van der Waals surface area contributed by atoms with Crippen molar-refractivity contribution in [3.63, 3.8) is 0 Å². The molecule has 0 bridgehead atoms. The number of hydrogen-bond acceptors (Lipinski definition) is 3. The van der Waals surface area contributed by atoms with Crippen LogP contribution in [0.2, 0.25) is 0 Å². The summed E-state index contributed by atoms with van der Waals surface area (Å²) in [6, 6.07) is 6.26. The number of aliphatic carboxylic acids is 1. The molecule has 21 heavy (non-hydrogen) atoms. The van der Waals surface area contributed by atoms with Gasteiger partial charge in [-0.05, 0) is 25.0 Å². The Bertz CT molecular complexity index is 652. The standard InChI is InChI=1S/C15H17FN2O3/c1-3-12-10(8-9-14(19)20)15(21-2)18(17-12)13-7-5-4-6-11(13)16/h4-7H,3,8-9H2,1-2H3,(H,19,20). The second-order valence-corrected chi connectivity index (χ2v) is 4.55. The number of nitrogens with zero attached hydrogens (tertiary/aromatic N) is 2. The minimum absolute atomic E-state index is 0.0215. The van der Waals surface area contributed by atoms with Crippen molar-refractivity contribution in [3.8, 4) is 11.6 Å². The fraction of sp³-hybridized carbons (Fsp3) is 0.333. The molecule has 2 aromatic rings. The van der Waals surface area contributed by atoms with Crippen LogP contribution in [0.25, 0.3) is 5.69 Å². The topological polar surface area (TPSA) is 64.4 Å². The molecule has 0 amide bonds. The van der Waals surface area contributed by atoms with Gasteiger partial charge in [-0.15, -0.1) is 0 Å². The predicted octanol–water partition coefficient (Wildman–Crippen LogP) is 2.60. The van der Waals surface area contributed by atoms with Crippen LogP contribution in [0.15, 0.2) is 24.3 Å². The first-order valence-corrected chi connectivity index (χ1v) is 6.70. The van der Waals surface area contributed by atoms with Crippen LogP contribution in [0.3, 0.4) is 0 Å². The number of para-hydroxylation sites is 1.